The number of benzene rings is 1. The molecule has 20 heavy (non-hydrogen) atoms. The number of rotatable bonds is 4. The Morgan fingerprint density at radius 2 is 2.30 bits per heavy atom. The first kappa shape index (κ1) is 14.1. The zero-order valence-corrected chi connectivity index (χ0v) is 12.2. The maximum Gasteiger partial charge on any atom is 0.145 e. The van der Waals surface area contributed by atoms with Crippen molar-refractivity contribution in [1.29, 1.82) is 0 Å². The predicted molar refractivity (Wildman–Crippen MR) is 75.6 cm³/mol. The average Bonchev–Trinajstić information content (AvgIpc) is 2.94. The molecule has 5 heteroatoms. The second kappa shape index (κ2) is 4.86. The summed E-state index contributed by atoms with van der Waals surface area (Å²) in [6, 6.07) is 4.48. The van der Waals surface area contributed by atoms with Crippen LogP contribution in [0, 0.1) is 11.2 Å². The molecule has 2 fully saturated rings. The first-order chi connectivity index (χ1) is 9.49. The number of halogens is 2. The normalized spacial score (nSPS) is 35.5. The molecule has 110 valence electrons. The summed E-state index contributed by atoms with van der Waals surface area (Å²) >= 11 is 5.65. The van der Waals surface area contributed by atoms with Gasteiger partial charge in [-0.1, -0.05) is 11.6 Å². The Labute approximate surface area is 123 Å². The van der Waals surface area contributed by atoms with Gasteiger partial charge in [0.15, 0.2) is 0 Å². The van der Waals surface area contributed by atoms with Crippen LogP contribution in [0.3, 0.4) is 0 Å². The highest BCUT2D eigenvalue weighted by Gasteiger charge is 2.59. The van der Waals surface area contributed by atoms with E-state index in [1.807, 2.05) is 7.05 Å². The second-order valence-corrected chi connectivity index (χ2v) is 6.57. The number of aliphatic hydroxyl groups excluding tert-OH is 1. The fourth-order valence-electron chi connectivity index (χ4n) is 3.76. The summed E-state index contributed by atoms with van der Waals surface area (Å²) < 4.78 is 19.1. The van der Waals surface area contributed by atoms with Gasteiger partial charge in [0.05, 0.1) is 17.7 Å². The van der Waals surface area contributed by atoms with Crippen molar-refractivity contribution < 1.29 is 14.2 Å². The molecule has 3 rings (SSSR count). The topological polar surface area (TPSA) is 41.5 Å². The zero-order chi connectivity index (χ0) is 14.4. The molecule has 2 bridgehead atoms. The van der Waals surface area contributed by atoms with Gasteiger partial charge in [0.2, 0.25) is 0 Å². The van der Waals surface area contributed by atoms with E-state index in [1.54, 1.807) is 6.07 Å². The molecular weight excluding hydrogens is 281 g/mol. The van der Waals surface area contributed by atoms with Crippen molar-refractivity contribution in [3.8, 4) is 5.75 Å². The van der Waals surface area contributed by atoms with E-state index in [-0.39, 0.29) is 22.1 Å². The van der Waals surface area contributed by atoms with Crippen molar-refractivity contribution in [1.82, 2.24) is 5.32 Å². The largest absolute Gasteiger partial charge is 0.493 e. The molecule has 1 aromatic carbocycles. The van der Waals surface area contributed by atoms with E-state index in [4.69, 9.17) is 16.3 Å². The Kier molecular flexibility index (Phi) is 3.43. The van der Waals surface area contributed by atoms with Crippen molar-refractivity contribution in [2.75, 3.05) is 13.7 Å². The molecule has 3 nitrogen and oxygen atoms in total. The van der Waals surface area contributed by atoms with E-state index in [9.17, 15) is 9.50 Å². The molecule has 2 aliphatic carbocycles. The lowest BCUT2D eigenvalue weighted by molar-refractivity contribution is 0.0530. The van der Waals surface area contributed by atoms with Crippen LogP contribution in [0.15, 0.2) is 18.2 Å². The first-order valence-electron chi connectivity index (χ1n) is 6.94. The fourth-order valence-corrected chi connectivity index (χ4v) is 3.88. The number of fused-ring (bicyclic) bond motifs is 2. The third kappa shape index (κ3) is 2.20. The molecule has 0 spiro atoms. The maximum absolute atomic E-state index is 13.4. The van der Waals surface area contributed by atoms with Crippen LogP contribution in [0.2, 0.25) is 5.02 Å². The van der Waals surface area contributed by atoms with Crippen LogP contribution < -0.4 is 10.1 Å². The molecule has 3 atom stereocenters. The summed E-state index contributed by atoms with van der Waals surface area (Å²) in [5.74, 6) is 0.0220. The molecule has 1 aromatic rings. The average molecular weight is 300 g/mol. The van der Waals surface area contributed by atoms with Crippen LogP contribution in [0.5, 0.6) is 5.75 Å². The highest BCUT2D eigenvalue weighted by Crippen LogP contribution is 2.56. The Hall–Kier alpha value is -0.840. The maximum atomic E-state index is 13.4. The zero-order valence-electron chi connectivity index (χ0n) is 11.5. The van der Waals surface area contributed by atoms with Crippen LogP contribution in [0.4, 0.5) is 4.39 Å². The first-order valence-corrected chi connectivity index (χ1v) is 7.31. The lowest BCUT2D eigenvalue weighted by Gasteiger charge is -2.32. The fraction of sp³-hybridized carbons (Fsp3) is 0.600. The summed E-state index contributed by atoms with van der Waals surface area (Å²) in [7, 11) is 1.90. The highest BCUT2D eigenvalue weighted by atomic mass is 35.5. The van der Waals surface area contributed by atoms with E-state index in [0.29, 0.717) is 12.4 Å². The predicted octanol–water partition coefficient (Wildman–Crippen LogP) is 2.75. The van der Waals surface area contributed by atoms with Gasteiger partial charge >= 0.3 is 0 Å². The van der Waals surface area contributed by atoms with Crippen LogP contribution in [0.1, 0.15) is 25.7 Å². The van der Waals surface area contributed by atoms with Gasteiger partial charge < -0.3 is 15.2 Å². The number of hydrogen-bond acceptors (Lipinski definition) is 3. The second-order valence-electron chi connectivity index (χ2n) is 6.17. The quantitative estimate of drug-likeness (QED) is 0.898. The Morgan fingerprint density at radius 1 is 1.50 bits per heavy atom. The van der Waals surface area contributed by atoms with E-state index in [0.717, 1.165) is 25.7 Å². The lowest BCUT2D eigenvalue weighted by Crippen LogP contribution is -2.48. The number of likely N-dealkylation sites (N-methyl/N-ethyl adjacent to an activating group) is 1. The van der Waals surface area contributed by atoms with Crippen molar-refractivity contribution in [2.45, 2.75) is 37.3 Å². The Morgan fingerprint density at radius 3 is 2.90 bits per heavy atom. The van der Waals surface area contributed by atoms with Gasteiger partial charge in [0.1, 0.15) is 11.6 Å². The third-order valence-corrected chi connectivity index (χ3v) is 5.30. The van der Waals surface area contributed by atoms with Crippen molar-refractivity contribution >= 4 is 11.6 Å². The molecule has 2 saturated carbocycles. The van der Waals surface area contributed by atoms with Gasteiger partial charge in [0, 0.05) is 17.0 Å². The minimum absolute atomic E-state index is 0.00145. The molecule has 2 N–H and O–H groups in total. The van der Waals surface area contributed by atoms with Crippen molar-refractivity contribution in [3.63, 3.8) is 0 Å². The van der Waals surface area contributed by atoms with Gasteiger partial charge in [-0.3, -0.25) is 0 Å². The molecule has 0 aliphatic heterocycles. The summed E-state index contributed by atoms with van der Waals surface area (Å²) in [5, 5.41) is 13.6. The lowest BCUT2D eigenvalue weighted by atomic mass is 9.83. The SMILES string of the molecule is CNC12CCC(COc3ccc(Cl)c(F)c3)(CC1O)C2. The standard InChI is InChI=1S/C15H19ClFNO2/c1-18-15-5-4-14(8-15,7-13(15)19)9-20-10-2-3-11(16)12(17)6-10/h2-3,6,13,18-19H,4-5,7-9H2,1H3. The molecule has 0 saturated heterocycles. The summed E-state index contributed by atoms with van der Waals surface area (Å²) in [4.78, 5) is 0. The Bertz CT molecular complexity index is 527. The van der Waals surface area contributed by atoms with Gasteiger partial charge in [-0.2, -0.15) is 0 Å². The molecule has 0 aromatic heterocycles. The van der Waals surface area contributed by atoms with Crippen LogP contribution in [-0.2, 0) is 0 Å². The van der Waals surface area contributed by atoms with Gasteiger partial charge in [-0.15, -0.1) is 0 Å². The van der Waals surface area contributed by atoms with E-state index in [2.05, 4.69) is 5.32 Å². The summed E-state index contributed by atoms with van der Waals surface area (Å²) in [6.07, 6.45) is 3.31. The number of hydrogen-bond donors (Lipinski definition) is 2. The van der Waals surface area contributed by atoms with Crippen LogP contribution in [0.25, 0.3) is 0 Å². The van der Waals surface area contributed by atoms with Gasteiger partial charge in [-0.05, 0) is 44.9 Å². The minimum Gasteiger partial charge on any atom is -0.493 e. The summed E-state index contributed by atoms with van der Waals surface area (Å²) in [5.41, 5.74) is -0.160. The molecule has 0 radical (unpaired) electrons. The van der Waals surface area contributed by atoms with E-state index < -0.39 is 5.82 Å². The van der Waals surface area contributed by atoms with Crippen LogP contribution >= 0.6 is 11.6 Å². The number of ether oxygens (including phenoxy) is 1. The number of nitrogens with one attached hydrogen (secondary N) is 1. The van der Waals surface area contributed by atoms with E-state index >= 15 is 0 Å². The van der Waals surface area contributed by atoms with Crippen molar-refractivity contribution in [3.05, 3.63) is 29.0 Å². The molecule has 3 unspecified atom stereocenters. The molecule has 0 heterocycles. The third-order valence-electron chi connectivity index (χ3n) is 4.99. The summed E-state index contributed by atoms with van der Waals surface area (Å²) in [6.45, 7) is 0.508. The molecule has 2 aliphatic rings. The highest BCUT2D eigenvalue weighted by molar-refractivity contribution is 6.30. The van der Waals surface area contributed by atoms with Crippen molar-refractivity contribution in [2.24, 2.45) is 5.41 Å². The molecular formula is C15H19ClFNO2. The monoisotopic (exact) mass is 299 g/mol. The smallest absolute Gasteiger partial charge is 0.145 e. The van der Waals surface area contributed by atoms with Crippen LogP contribution in [-0.4, -0.2) is 30.4 Å². The minimum atomic E-state index is -0.468. The van der Waals surface area contributed by atoms with Gasteiger partial charge in [-0.25, -0.2) is 4.39 Å². The van der Waals surface area contributed by atoms with Gasteiger partial charge in [0.25, 0.3) is 0 Å². The molecule has 0 amide bonds. The Balaban J connectivity index is 1.69. The van der Waals surface area contributed by atoms with E-state index in [1.165, 1.54) is 12.1 Å². The number of aliphatic hydroxyl groups is 1.